The number of imide groups is 2. The number of carbonyl (C=O) groups is 3. The largest absolute Gasteiger partial charge is 0.496 e. The molecule has 0 N–H and O–H groups in total. The van der Waals surface area contributed by atoms with Crippen LogP contribution in [0.1, 0.15) is 18.4 Å². The Morgan fingerprint density at radius 2 is 1.44 bits per heavy atom. The Labute approximate surface area is 157 Å². The molecule has 0 aromatic heterocycles. The van der Waals surface area contributed by atoms with Crippen molar-refractivity contribution in [3.8, 4) is 11.5 Å². The number of carbonyl (C=O) groups excluding carboxylic acids is 3. The lowest BCUT2D eigenvalue weighted by atomic mass is 10.0. The molecule has 2 heterocycles. The SMILES string of the molecule is COc1cc(N2CCCC2)c(OC)cc1C=C1C(=O)N(C)C(=O)N(C)C1=O. The Morgan fingerprint density at radius 1 is 0.889 bits per heavy atom. The molecule has 0 spiro atoms. The van der Waals surface area contributed by atoms with E-state index in [2.05, 4.69) is 4.90 Å². The first kappa shape index (κ1) is 18.8. The van der Waals surface area contributed by atoms with Crippen LogP contribution in [0, 0.1) is 0 Å². The van der Waals surface area contributed by atoms with E-state index in [4.69, 9.17) is 9.47 Å². The average molecular weight is 373 g/mol. The predicted molar refractivity (Wildman–Crippen MR) is 99.9 cm³/mol. The van der Waals surface area contributed by atoms with Crippen molar-refractivity contribution in [1.29, 1.82) is 0 Å². The number of ether oxygens (including phenoxy) is 2. The van der Waals surface area contributed by atoms with E-state index in [9.17, 15) is 14.4 Å². The van der Waals surface area contributed by atoms with E-state index < -0.39 is 17.8 Å². The average Bonchev–Trinajstić information content (AvgIpc) is 3.22. The fourth-order valence-corrected chi connectivity index (χ4v) is 3.35. The number of anilines is 1. The van der Waals surface area contributed by atoms with Gasteiger partial charge in [-0.05, 0) is 25.0 Å². The van der Waals surface area contributed by atoms with Gasteiger partial charge in [0.1, 0.15) is 17.1 Å². The Balaban J connectivity index is 2.08. The molecule has 144 valence electrons. The van der Waals surface area contributed by atoms with Crippen LogP contribution in [0.4, 0.5) is 10.5 Å². The predicted octanol–water partition coefficient (Wildman–Crippen LogP) is 1.74. The highest BCUT2D eigenvalue weighted by molar-refractivity contribution is 6.30. The maximum absolute atomic E-state index is 12.4. The summed E-state index contributed by atoms with van der Waals surface area (Å²) in [5.74, 6) is -0.133. The molecular weight excluding hydrogens is 350 g/mol. The molecule has 0 radical (unpaired) electrons. The molecule has 8 nitrogen and oxygen atoms in total. The quantitative estimate of drug-likeness (QED) is 0.591. The van der Waals surface area contributed by atoms with Gasteiger partial charge in [0.15, 0.2) is 0 Å². The summed E-state index contributed by atoms with van der Waals surface area (Å²) in [6.45, 7) is 1.88. The molecule has 0 saturated carbocycles. The number of hydrogen-bond acceptors (Lipinski definition) is 6. The summed E-state index contributed by atoms with van der Waals surface area (Å²) >= 11 is 0. The molecule has 0 unspecified atom stereocenters. The second kappa shape index (κ2) is 7.30. The minimum absolute atomic E-state index is 0.103. The lowest BCUT2D eigenvalue weighted by molar-refractivity contribution is -0.134. The highest BCUT2D eigenvalue weighted by atomic mass is 16.5. The Kier molecular flexibility index (Phi) is 5.07. The van der Waals surface area contributed by atoms with Crippen LogP contribution >= 0.6 is 0 Å². The third-order valence-electron chi connectivity index (χ3n) is 4.92. The van der Waals surface area contributed by atoms with E-state index in [0.29, 0.717) is 17.1 Å². The van der Waals surface area contributed by atoms with Crippen molar-refractivity contribution < 1.29 is 23.9 Å². The van der Waals surface area contributed by atoms with Gasteiger partial charge in [-0.2, -0.15) is 0 Å². The molecule has 0 aliphatic carbocycles. The van der Waals surface area contributed by atoms with Crippen LogP contribution in [0.2, 0.25) is 0 Å². The van der Waals surface area contributed by atoms with E-state index in [1.807, 2.05) is 6.07 Å². The van der Waals surface area contributed by atoms with Crippen molar-refractivity contribution in [2.75, 3.05) is 46.3 Å². The number of rotatable bonds is 4. The summed E-state index contributed by atoms with van der Waals surface area (Å²) < 4.78 is 11.0. The zero-order chi connectivity index (χ0) is 19.7. The number of amides is 4. The maximum atomic E-state index is 12.4. The van der Waals surface area contributed by atoms with E-state index in [1.165, 1.54) is 27.3 Å². The molecule has 2 aliphatic heterocycles. The van der Waals surface area contributed by atoms with Crippen molar-refractivity contribution in [1.82, 2.24) is 9.80 Å². The topological polar surface area (TPSA) is 79.4 Å². The number of methoxy groups -OCH3 is 2. The lowest BCUT2D eigenvalue weighted by Crippen LogP contribution is -2.52. The molecule has 2 fully saturated rings. The summed E-state index contributed by atoms with van der Waals surface area (Å²) in [7, 11) is 5.80. The standard InChI is InChI=1S/C19H23N3O5/c1-20-17(23)13(18(24)21(2)19(20)25)9-12-10-16(27-4)14(11-15(12)26-3)22-7-5-6-8-22/h9-11H,5-8H2,1-4H3. The maximum Gasteiger partial charge on any atom is 0.333 e. The fourth-order valence-electron chi connectivity index (χ4n) is 3.35. The van der Waals surface area contributed by atoms with Gasteiger partial charge in [0, 0.05) is 38.8 Å². The monoisotopic (exact) mass is 373 g/mol. The molecule has 8 heteroatoms. The Morgan fingerprint density at radius 3 is 1.96 bits per heavy atom. The summed E-state index contributed by atoms with van der Waals surface area (Å²) in [5, 5.41) is 0. The number of urea groups is 1. The number of benzene rings is 1. The zero-order valence-electron chi connectivity index (χ0n) is 15.9. The van der Waals surface area contributed by atoms with Crippen molar-refractivity contribution in [3.63, 3.8) is 0 Å². The molecule has 0 atom stereocenters. The van der Waals surface area contributed by atoms with Gasteiger partial charge in [0.25, 0.3) is 11.8 Å². The van der Waals surface area contributed by atoms with Crippen molar-refractivity contribution in [2.24, 2.45) is 0 Å². The van der Waals surface area contributed by atoms with E-state index in [1.54, 1.807) is 13.2 Å². The third-order valence-corrected chi connectivity index (χ3v) is 4.92. The molecule has 1 aromatic rings. The molecular formula is C19H23N3O5. The van der Waals surface area contributed by atoms with Gasteiger partial charge in [-0.3, -0.25) is 19.4 Å². The minimum Gasteiger partial charge on any atom is -0.496 e. The van der Waals surface area contributed by atoms with Gasteiger partial charge in [-0.25, -0.2) is 4.79 Å². The van der Waals surface area contributed by atoms with E-state index in [0.717, 1.165) is 41.4 Å². The molecule has 0 bridgehead atoms. The van der Waals surface area contributed by atoms with Crippen LogP contribution < -0.4 is 14.4 Å². The molecule has 2 aliphatic rings. The molecule has 1 aromatic carbocycles. The van der Waals surface area contributed by atoms with Crippen LogP contribution in [0.25, 0.3) is 6.08 Å². The van der Waals surface area contributed by atoms with Gasteiger partial charge >= 0.3 is 6.03 Å². The first-order valence-electron chi connectivity index (χ1n) is 8.71. The van der Waals surface area contributed by atoms with Gasteiger partial charge in [0.2, 0.25) is 0 Å². The molecule has 2 saturated heterocycles. The normalized spacial score (nSPS) is 17.7. The van der Waals surface area contributed by atoms with Gasteiger partial charge in [-0.15, -0.1) is 0 Å². The number of barbiturate groups is 1. The van der Waals surface area contributed by atoms with Crippen LogP contribution in [0.5, 0.6) is 11.5 Å². The van der Waals surface area contributed by atoms with Crippen molar-refractivity contribution in [2.45, 2.75) is 12.8 Å². The van der Waals surface area contributed by atoms with Gasteiger partial charge < -0.3 is 14.4 Å². The van der Waals surface area contributed by atoms with E-state index >= 15 is 0 Å². The third kappa shape index (κ3) is 3.22. The number of hydrogen-bond donors (Lipinski definition) is 0. The number of likely N-dealkylation sites (N-methyl/N-ethyl adjacent to an activating group) is 2. The first-order valence-corrected chi connectivity index (χ1v) is 8.71. The smallest absolute Gasteiger partial charge is 0.333 e. The van der Waals surface area contributed by atoms with Crippen molar-refractivity contribution >= 4 is 29.6 Å². The Bertz CT molecular complexity index is 801. The van der Waals surface area contributed by atoms with Crippen LogP contribution in [0.3, 0.4) is 0 Å². The van der Waals surface area contributed by atoms with Gasteiger partial charge in [-0.1, -0.05) is 0 Å². The van der Waals surface area contributed by atoms with E-state index in [-0.39, 0.29) is 5.57 Å². The summed E-state index contributed by atoms with van der Waals surface area (Å²) in [6.07, 6.45) is 3.68. The van der Waals surface area contributed by atoms with Crippen LogP contribution in [0.15, 0.2) is 17.7 Å². The fraction of sp³-hybridized carbons (Fsp3) is 0.421. The highest BCUT2D eigenvalue weighted by Gasteiger charge is 2.38. The zero-order valence-corrected chi connectivity index (χ0v) is 15.9. The molecule has 4 amide bonds. The first-order chi connectivity index (χ1) is 12.9. The highest BCUT2D eigenvalue weighted by Crippen LogP contribution is 2.38. The van der Waals surface area contributed by atoms with Crippen molar-refractivity contribution in [3.05, 3.63) is 23.3 Å². The minimum atomic E-state index is -0.656. The molecule has 3 rings (SSSR count). The second-order valence-electron chi connectivity index (χ2n) is 6.53. The summed E-state index contributed by atoms with van der Waals surface area (Å²) in [5.41, 5.74) is 1.35. The number of nitrogens with zero attached hydrogens (tertiary/aromatic N) is 3. The Hall–Kier alpha value is -3.03. The summed E-state index contributed by atoms with van der Waals surface area (Å²) in [4.78, 5) is 40.8. The molecule has 27 heavy (non-hydrogen) atoms. The lowest BCUT2D eigenvalue weighted by Gasteiger charge is -2.29. The van der Waals surface area contributed by atoms with Crippen LogP contribution in [-0.4, -0.2) is 69.0 Å². The van der Waals surface area contributed by atoms with Gasteiger partial charge in [0.05, 0.1) is 19.9 Å². The van der Waals surface area contributed by atoms with Crippen LogP contribution in [-0.2, 0) is 9.59 Å². The second-order valence-corrected chi connectivity index (χ2v) is 6.53. The summed E-state index contributed by atoms with van der Waals surface area (Å²) in [6, 6.07) is 2.94.